The minimum atomic E-state index is -0.675. The van der Waals surface area contributed by atoms with Crippen molar-refractivity contribution in [2.24, 2.45) is 0 Å². The van der Waals surface area contributed by atoms with Crippen LogP contribution < -0.4 is 10.1 Å². The maximum absolute atomic E-state index is 12.9. The molecule has 2 aromatic rings. The van der Waals surface area contributed by atoms with E-state index in [1.807, 2.05) is 41.3 Å². The van der Waals surface area contributed by atoms with Gasteiger partial charge in [0.1, 0.15) is 5.75 Å². The number of aryl methyl sites for hydroxylation is 1. The molecule has 28 heavy (non-hydrogen) atoms. The van der Waals surface area contributed by atoms with Gasteiger partial charge in [-0.2, -0.15) is 0 Å². The van der Waals surface area contributed by atoms with Crippen molar-refractivity contribution in [3.63, 3.8) is 0 Å². The smallest absolute Gasteiger partial charge is 0.265 e. The van der Waals surface area contributed by atoms with Gasteiger partial charge in [-0.05, 0) is 56.4 Å². The highest BCUT2D eigenvalue weighted by Crippen LogP contribution is 2.22. The molecular formula is C23H28N2O3. The second-order valence-corrected chi connectivity index (χ2v) is 7.11. The summed E-state index contributed by atoms with van der Waals surface area (Å²) in [7, 11) is 0. The van der Waals surface area contributed by atoms with Crippen LogP contribution in [0.4, 0.5) is 5.69 Å². The molecule has 1 saturated heterocycles. The number of ether oxygens (including phenoxy) is 1. The Kier molecular flexibility index (Phi) is 6.69. The number of rotatable bonds is 6. The fourth-order valence-corrected chi connectivity index (χ4v) is 3.44. The first-order valence-corrected chi connectivity index (χ1v) is 10.0. The highest BCUT2D eigenvalue weighted by Gasteiger charge is 2.23. The number of carbonyl (C=O) groups excluding carboxylic acids is 2. The van der Waals surface area contributed by atoms with Gasteiger partial charge in [-0.25, -0.2) is 0 Å². The molecule has 5 nitrogen and oxygen atoms in total. The number of piperidine rings is 1. The van der Waals surface area contributed by atoms with Crippen molar-refractivity contribution in [2.45, 2.75) is 45.6 Å². The van der Waals surface area contributed by atoms with Crippen LogP contribution in [0.3, 0.4) is 0 Å². The summed E-state index contributed by atoms with van der Waals surface area (Å²) >= 11 is 0. The second-order valence-electron chi connectivity index (χ2n) is 7.11. The van der Waals surface area contributed by atoms with Gasteiger partial charge in [0.25, 0.3) is 11.8 Å². The average molecular weight is 380 g/mol. The van der Waals surface area contributed by atoms with Gasteiger partial charge in [-0.1, -0.05) is 37.3 Å². The van der Waals surface area contributed by atoms with Gasteiger partial charge in [0, 0.05) is 13.1 Å². The highest BCUT2D eigenvalue weighted by molar-refractivity contribution is 6.04. The Bertz CT molecular complexity index is 828. The van der Waals surface area contributed by atoms with E-state index in [0.717, 1.165) is 44.3 Å². The number of hydrogen-bond acceptors (Lipinski definition) is 3. The molecule has 1 aliphatic rings. The lowest BCUT2D eigenvalue weighted by Crippen LogP contribution is -2.36. The Morgan fingerprint density at radius 1 is 1.04 bits per heavy atom. The lowest BCUT2D eigenvalue weighted by molar-refractivity contribution is -0.122. The zero-order valence-electron chi connectivity index (χ0n) is 16.6. The second kappa shape index (κ2) is 9.40. The van der Waals surface area contributed by atoms with E-state index in [9.17, 15) is 9.59 Å². The van der Waals surface area contributed by atoms with E-state index in [1.54, 1.807) is 19.1 Å². The Balaban J connectivity index is 1.70. The predicted molar refractivity (Wildman–Crippen MR) is 111 cm³/mol. The van der Waals surface area contributed by atoms with E-state index in [2.05, 4.69) is 12.2 Å². The molecule has 0 unspecified atom stereocenters. The summed E-state index contributed by atoms with van der Waals surface area (Å²) in [5, 5.41) is 2.88. The van der Waals surface area contributed by atoms with Crippen LogP contribution in [0, 0.1) is 0 Å². The Morgan fingerprint density at radius 2 is 1.71 bits per heavy atom. The first kappa shape index (κ1) is 19.9. The normalized spacial score (nSPS) is 15.0. The van der Waals surface area contributed by atoms with Crippen molar-refractivity contribution in [3.8, 4) is 5.75 Å². The molecule has 0 bridgehead atoms. The summed E-state index contributed by atoms with van der Waals surface area (Å²) < 4.78 is 5.88. The zero-order valence-corrected chi connectivity index (χ0v) is 16.6. The monoisotopic (exact) mass is 380 g/mol. The minimum Gasteiger partial charge on any atom is -0.481 e. The summed E-state index contributed by atoms with van der Waals surface area (Å²) in [5.41, 5.74) is 2.11. The van der Waals surface area contributed by atoms with Crippen LogP contribution in [0.5, 0.6) is 5.75 Å². The topological polar surface area (TPSA) is 58.6 Å². The summed E-state index contributed by atoms with van der Waals surface area (Å²) in [4.78, 5) is 27.5. The number of hydrogen-bond donors (Lipinski definition) is 1. The molecule has 1 N–H and O–H groups in total. The van der Waals surface area contributed by atoms with Gasteiger partial charge in [0.05, 0.1) is 11.3 Å². The van der Waals surface area contributed by atoms with Crippen molar-refractivity contribution >= 4 is 17.5 Å². The predicted octanol–water partition coefficient (Wildman–Crippen LogP) is 4.28. The minimum absolute atomic E-state index is 0.0273. The van der Waals surface area contributed by atoms with Gasteiger partial charge in [-0.15, -0.1) is 0 Å². The van der Waals surface area contributed by atoms with Crippen LogP contribution in [-0.2, 0) is 11.2 Å². The van der Waals surface area contributed by atoms with Crippen molar-refractivity contribution < 1.29 is 14.3 Å². The molecule has 2 amide bonds. The number of likely N-dealkylation sites (tertiary alicyclic amines) is 1. The van der Waals surface area contributed by atoms with Crippen molar-refractivity contribution in [1.29, 1.82) is 0 Å². The standard InChI is InChI=1S/C23H28N2O3/c1-3-18-11-5-8-14-21(18)28-17(2)22(26)24-20-13-7-6-12-19(20)23(27)25-15-9-4-10-16-25/h5-8,11-14,17H,3-4,9-10,15-16H2,1-2H3,(H,24,26)/t17-/m1/s1. The maximum Gasteiger partial charge on any atom is 0.265 e. The van der Waals surface area contributed by atoms with Gasteiger partial charge in [-0.3, -0.25) is 9.59 Å². The average Bonchev–Trinajstić information content (AvgIpc) is 2.74. The fraction of sp³-hybridized carbons (Fsp3) is 0.391. The quantitative estimate of drug-likeness (QED) is 0.814. The largest absolute Gasteiger partial charge is 0.481 e. The van der Waals surface area contributed by atoms with Gasteiger partial charge >= 0.3 is 0 Å². The van der Waals surface area contributed by atoms with Crippen LogP contribution in [0.15, 0.2) is 48.5 Å². The highest BCUT2D eigenvalue weighted by atomic mass is 16.5. The van der Waals surface area contributed by atoms with Crippen LogP contribution >= 0.6 is 0 Å². The molecule has 1 atom stereocenters. The van der Waals surface area contributed by atoms with Crippen molar-refractivity contribution in [1.82, 2.24) is 4.90 Å². The number of benzene rings is 2. The molecule has 5 heteroatoms. The first-order valence-electron chi connectivity index (χ1n) is 10.0. The molecule has 148 valence electrons. The molecule has 0 saturated carbocycles. The fourth-order valence-electron chi connectivity index (χ4n) is 3.44. The van der Waals surface area contributed by atoms with Gasteiger partial charge in [0.15, 0.2) is 6.10 Å². The third kappa shape index (κ3) is 4.71. The number of nitrogens with one attached hydrogen (secondary N) is 1. The zero-order chi connectivity index (χ0) is 19.9. The van der Waals surface area contributed by atoms with Crippen LogP contribution in [0.25, 0.3) is 0 Å². The van der Waals surface area contributed by atoms with E-state index < -0.39 is 6.10 Å². The lowest BCUT2D eigenvalue weighted by Gasteiger charge is -2.27. The molecule has 3 rings (SSSR count). The summed E-state index contributed by atoms with van der Waals surface area (Å²) in [5.74, 6) is 0.413. The number of carbonyl (C=O) groups is 2. The number of amides is 2. The maximum atomic E-state index is 12.9. The molecular weight excluding hydrogens is 352 g/mol. The summed E-state index contributed by atoms with van der Waals surface area (Å²) in [6, 6.07) is 14.9. The number of nitrogens with zero attached hydrogens (tertiary/aromatic N) is 1. The van der Waals surface area contributed by atoms with E-state index in [0.29, 0.717) is 17.0 Å². The third-order valence-electron chi connectivity index (χ3n) is 5.09. The van der Waals surface area contributed by atoms with Crippen molar-refractivity contribution in [3.05, 3.63) is 59.7 Å². The van der Waals surface area contributed by atoms with Crippen LogP contribution in [-0.4, -0.2) is 35.9 Å². The van der Waals surface area contributed by atoms with Crippen LogP contribution in [0.1, 0.15) is 49.0 Å². The SMILES string of the molecule is CCc1ccccc1O[C@H](C)C(=O)Nc1ccccc1C(=O)N1CCCCC1. The summed E-state index contributed by atoms with van der Waals surface area (Å²) in [6.07, 6.45) is 3.38. The number of para-hydroxylation sites is 2. The summed E-state index contributed by atoms with van der Waals surface area (Å²) in [6.45, 7) is 5.31. The lowest BCUT2D eigenvalue weighted by atomic mass is 10.1. The molecule has 2 aromatic carbocycles. The Morgan fingerprint density at radius 3 is 2.46 bits per heavy atom. The number of anilines is 1. The van der Waals surface area contributed by atoms with E-state index in [-0.39, 0.29) is 11.8 Å². The van der Waals surface area contributed by atoms with Gasteiger partial charge < -0.3 is 15.0 Å². The van der Waals surface area contributed by atoms with E-state index in [4.69, 9.17) is 4.74 Å². The molecule has 0 aliphatic carbocycles. The first-order chi connectivity index (χ1) is 13.6. The third-order valence-corrected chi connectivity index (χ3v) is 5.09. The Labute approximate surface area is 166 Å². The van der Waals surface area contributed by atoms with Gasteiger partial charge in [0.2, 0.25) is 0 Å². The van der Waals surface area contributed by atoms with Crippen molar-refractivity contribution in [2.75, 3.05) is 18.4 Å². The van der Waals surface area contributed by atoms with E-state index >= 15 is 0 Å². The molecule has 1 fully saturated rings. The molecule has 1 aliphatic heterocycles. The molecule has 0 radical (unpaired) electrons. The molecule has 0 aromatic heterocycles. The molecule has 0 spiro atoms. The van der Waals surface area contributed by atoms with E-state index in [1.165, 1.54) is 0 Å². The van der Waals surface area contributed by atoms with Crippen LogP contribution in [0.2, 0.25) is 0 Å². The molecule has 1 heterocycles. The Hall–Kier alpha value is -2.82.